The molecule has 2 aromatic carbocycles. The van der Waals surface area contributed by atoms with Crippen molar-refractivity contribution in [2.45, 2.75) is 56.1 Å². The van der Waals surface area contributed by atoms with Gasteiger partial charge in [0.15, 0.2) is 17.0 Å². The first kappa shape index (κ1) is 32.1. The number of ether oxygens (including phenoxy) is 1. The third-order valence-electron chi connectivity index (χ3n) is 7.67. The highest BCUT2D eigenvalue weighted by atomic mass is 35.5. The van der Waals surface area contributed by atoms with E-state index in [-0.39, 0.29) is 31.3 Å². The molecule has 14 nitrogen and oxygen atoms in total. The molecule has 2 heterocycles. The first-order valence-corrected chi connectivity index (χ1v) is 14.7. The first-order chi connectivity index (χ1) is 21.8. The van der Waals surface area contributed by atoms with Crippen molar-refractivity contribution in [1.82, 2.24) is 29.9 Å². The molecule has 2 amide bonds. The number of carbonyl (C=O) groups excluding carboxylic acids is 2. The van der Waals surface area contributed by atoms with Crippen LogP contribution in [0.3, 0.4) is 0 Å². The van der Waals surface area contributed by atoms with Crippen LogP contribution in [-0.2, 0) is 22.6 Å². The van der Waals surface area contributed by atoms with Gasteiger partial charge < -0.3 is 35.3 Å². The fraction of sp³-hybridized carbons (Fsp3) is 0.367. The Balaban J connectivity index is 1.25. The number of nitrogens with one attached hydrogen (secondary N) is 2. The first-order valence-electron chi connectivity index (χ1n) is 14.4. The van der Waals surface area contributed by atoms with E-state index in [1.165, 1.54) is 6.33 Å². The summed E-state index contributed by atoms with van der Waals surface area (Å²) in [5, 5.41) is 47.3. The molecule has 0 saturated heterocycles. The normalized spacial score (nSPS) is 19.2. The number of amides is 2. The molecule has 15 heteroatoms. The second-order valence-electron chi connectivity index (χ2n) is 10.8. The van der Waals surface area contributed by atoms with E-state index in [0.717, 1.165) is 11.1 Å². The number of hydroxylamine groups is 2. The highest BCUT2D eigenvalue weighted by Crippen LogP contribution is 2.36. The summed E-state index contributed by atoms with van der Waals surface area (Å²) in [7, 11) is 0. The van der Waals surface area contributed by atoms with Crippen LogP contribution in [0.15, 0.2) is 67.0 Å². The Kier molecular flexibility index (Phi) is 10.4. The van der Waals surface area contributed by atoms with Crippen molar-refractivity contribution in [3.8, 4) is 0 Å². The Labute approximate surface area is 263 Å². The summed E-state index contributed by atoms with van der Waals surface area (Å²) in [4.78, 5) is 38.3. The number of anilines is 1. The lowest BCUT2D eigenvalue weighted by Crippen LogP contribution is -2.52. The summed E-state index contributed by atoms with van der Waals surface area (Å²) < 4.78 is 6.72. The topological polar surface area (TPSA) is 195 Å². The molecule has 238 valence electrons. The highest BCUT2D eigenvalue weighted by Gasteiger charge is 2.41. The summed E-state index contributed by atoms with van der Waals surface area (Å²) in [5.74, 6) is -0.662. The molecule has 0 radical (unpaired) electrons. The van der Waals surface area contributed by atoms with Crippen LogP contribution in [0.5, 0.6) is 0 Å². The number of hydrogen-bond donors (Lipinski definition) is 6. The number of carbonyl (C=O) groups is 2. The van der Waals surface area contributed by atoms with E-state index in [9.17, 15) is 30.1 Å². The zero-order valence-electron chi connectivity index (χ0n) is 24.1. The average molecular weight is 640 g/mol. The van der Waals surface area contributed by atoms with Crippen LogP contribution in [0.25, 0.3) is 11.2 Å². The lowest BCUT2D eigenvalue weighted by Gasteiger charge is -2.26. The maximum atomic E-state index is 13.0. The van der Waals surface area contributed by atoms with Gasteiger partial charge in [-0.2, -0.15) is 9.97 Å². The zero-order chi connectivity index (χ0) is 31.9. The summed E-state index contributed by atoms with van der Waals surface area (Å²) >= 11 is 6.26. The Morgan fingerprint density at radius 3 is 2.38 bits per heavy atom. The van der Waals surface area contributed by atoms with E-state index in [2.05, 4.69) is 25.6 Å². The van der Waals surface area contributed by atoms with Gasteiger partial charge in [-0.25, -0.2) is 14.8 Å². The van der Waals surface area contributed by atoms with Crippen LogP contribution in [0.2, 0.25) is 5.28 Å². The number of benzene rings is 2. The Bertz CT molecular complexity index is 1590. The molecule has 0 spiro atoms. The molecule has 1 unspecified atom stereocenters. The molecule has 0 bridgehead atoms. The molecule has 1 saturated carbocycles. The molecule has 6 N–H and O–H groups in total. The van der Waals surface area contributed by atoms with E-state index in [4.69, 9.17) is 16.3 Å². The summed E-state index contributed by atoms with van der Waals surface area (Å²) in [5.41, 5.74) is 2.41. The van der Waals surface area contributed by atoms with E-state index < -0.39 is 48.9 Å². The molecular formula is C30H34ClN7O7. The molecule has 5 atom stereocenters. The number of halogens is 1. The van der Waals surface area contributed by atoms with E-state index in [1.807, 2.05) is 36.4 Å². The SMILES string of the molecule is O=C(N[C@H](CO)C(=O)N(O)C1C[C@@H](n2cnc3c(N[C@H](CO)Cc4ccccc4)nc(Cl)nc32)[C@@H](O)C1)OCc1ccccc1. The van der Waals surface area contributed by atoms with Gasteiger partial charge in [0.05, 0.1) is 43.8 Å². The molecule has 4 aromatic rings. The summed E-state index contributed by atoms with van der Waals surface area (Å²) in [6.07, 6.45) is 0.118. The van der Waals surface area contributed by atoms with Gasteiger partial charge in [0.25, 0.3) is 5.91 Å². The van der Waals surface area contributed by atoms with Crippen molar-refractivity contribution in [2.24, 2.45) is 0 Å². The van der Waals surface area contributed by atoms with E-state index >= 15 is 0 Å². The van der Waals surface area contributed by atoms with Crippen LogP contribution in [0.4, 0.5) is 10.6 Å². The van der Waals surface area contributed by atoms with Crippen molar-refractivity contribution < 1.29 is 34.9 Å². The van der Waals surface area contributed by atoms with Crippen LogP contribution in [0, 0.1) is 0 Å². The number of alkyl carbamates (subject to hydrolysis) is 1. The van der Waals surface area contributed by atoms with Crippen molar-refractivity contribution in [1.29, 1.82) is 0 Å². The predicted molar refractivity (Wildman–Crippen MR) is 162 cm³/mol. The van der Waals surface area contributed by atoms with Crippen LogP contribution < -0.4 is 10.6 Å². The lowest BCUT2D eigenvalue weighted by molar-refractivity contribution is -0.179. The Morgan fingerprint density at radius 2 is 1.71 bits per heavy atom. The largest absolute Gasteiger partial charge is 0.445 e. The van der Waals surface area contributed by atoms with Crippen molar-refractivity contribution in [3.63, 3.8) is 0 Å². The number of imidazole rings is 1. The van der Waals surface area contributed by atoms with E-state index in [0.29, 0.717) is 28.5 Å². The van der Waals surface area contributed by atoms with Gasteiger partial charge >= 0.3 is 6.09 Å². The van der Waals surface area contributed by atoms with Crippen LogP contribution in [-0.4, -0.2) is 94.6 Å². The second kappa shape index (κ2) is 14.6. The minimum Gasteiger partial charge on any atom is -0.445 e. The van der Waals surface area contributed by atoms with Gasteiger partial charge in [-0.15, -0.1) is 0 Å². The number of nitrogens with zero attached hydrogens (tertiary/aromatic N) is 5. The number of hydrogen-bond acceptors (Lipinski definition) is 11. The molecule has 1 fully saturated rings. The van der Waals surface area contributed by atoms with Gasteiger partial charge in [0.1, 0.15) is 12.6 Å². The average Bonchev–Trinajstić information content (AvgIpc) is 3.65. The predicted octanol–water partition coefficient (Wildman–Crippen LogP) is 2.06. The lowest BCUT2D eigenvalue weighted by atomic mass is 10.1. The molecule has 0 aliphatic heterocycles. The molecule has 1 aliphatic carbocycles. The maximum Gasteiger partial charge on any atom is 0.408 e. The molecule has 45 heavy (non-hydrogen) atoms. The zero-order valence-corrected chi connectivity index (χ0v) is 24.9. The minimum atomic E-state index is -1.47. The standard InChI is InChI=1S/C30H34ClN7O7/c31-29-35-26(33-20(14-39)11-18-7-3-1-4-8-18)25-27(36-29)37(17-32-25)23-12-21(13-24(23)41)38(44)28(42)22(15-40)34-30(43)45-16-19-9-5-2-6-10-19/h1-10,17,20-24,39-41,44H,11-16H2,(H,34,43)(H,33,35,36)/t20-,21?,22+,23+,24-/m0/s1. The van der Waals surface area contributed by atoms with Gasteiger partial charge in [-0.1, -0.05) is 60.7 Å². The van der Waals surface area contributed by atoms with Crippen molar-refractivity contribution >= 4 is 40.6 Å². The molecule has 5 rings (SSSR count). The highest BCUT2D eigenvalue weighted by molar-refractivity contribution is 6.28. The van der Waals surface area contributed by atoms with Gasteiger partial charge in [0, 0.05) is 0 Å². The summed E-state index contributed by atoms with van der Waals surface area (Å²) in [6.45, 7) is -1.02. The monoisotopic (exact) mass is 639 g/mol. The van der Waals surface area contributed by atoms with Gasteiger partial charge in [-0.3, -0.25) is 10.0 Å². The second-order valence-corrected chi connectivity index (χ2v) is 11.1. The Morgan fingerprint density at radius 1 is 1.02 bits per heavy atom. The van der Waals surface area contributed by atoms with Crippen molar-refractivity contribution in [2.75, 3.05) is 18.5 Å². The molecule has 2 aromatic heterocycles. The van der Waals surface area contributed by atoms with Crippen LogP contribution >= 0.6 is 11.6 Å². The summed E-state index contributed by atoms with van der Waals surface area (Å²) in [6, 6.07) is 15.2. The van der Waals surface area contributed by atoms with Gasteiger partial charge in [0.2, 0.25) is 5.28 Å². The van der Waals surface area contributed by atoms with Crippen molar-refractivity contribution in [3.05, 3.63) is 83.4 Å². The number of rotatable bonds is 12. The van der Waals surface area contributed by atoms with E-state index in [1.54, 1.807) is 28.8 Å². The fourth-order valence-electron chi connectivity index (χ4n) is 5.39. The van der Waals surface area contributed by atoms with Crippen LogP contribution in [0.1, 0.15) is 30.0 Å². The number of aliphatic hydroxyl groups excluding tert-OH is 3. The number of fused-ring (bicyclic) bond motifs is 1. The third-order valence-corrected chi connectivity index (χ3v) is 7.84. The number of aliphatic hydroxyl groups is 3. The minimum absolute atomic E-state index is 0.00321. The third kappa shape index (κ3) is 7.67. The maximum absolute atomic E-state index is 13.0. The van der Waals surface area contributed by atoms with Gasteiger partial charge in [-0.05, 0) is 42.0 Å². The quantitative estimate of drug-likeness (QED) is 0.0754. The molecular weight excluding hydrogens is 606 g/mol. The number of aromatic nitrogens is 4. The Hall–Kier alpha value is -4.34. The fourth-order valence-corrected chi connectivity index (χ4v) is 5.55. The smallest absolute Gasteiger partial charge is 0.408 e. The molecule has 1 aliphatic rings.